The highest BCUT2D eigenvalue weighted by Crippen LogP contribution is 2.24. The summed E-state index contributed by atoms with van der Waals surface area (Å²) in [4.78, 5) is 25.6. The third kappa shape index (κ3) is 2.34. The van der Waals surface area contributed by atoms with Gasteiger partial charge in [-0.05, 0) is 18.6 Å². The first-order valence-electron chi connectivity index (χ1n) is 5.90. The van der Waals surface area contributed by atoms with Crippen molar-refractivity contribution in [2.75, 3.05) is 18.1 Å². The minimum atomic E-state index is -0.305. The van der Waals surface area contributed by atoms with Crippen LogP contribution in [-0.4, -0.2) is 46.8 Å². The van der Waals surface area contributed by atoms with Gasteiger partial charge in [-0.1, -0.05) is 6.92 Å². The Kier molecular flexibility index (Phi) is 3.74. The molecule has 0 aliphatic carbocycles. The van der Waals surface area contributed by atoms with E-state index in [4.69, 9.17) is 0 Å². The molecule has 2 amide bonds. The number of carbonyl (C=O) groups is 2. The average Bonchev–Trinajstić information content (AvgIpc) is 2.75. The van der Waals surface area contributed by atoms with Gasteiger partial charge < -0.3 is 10.2 Å². The van der Waals surface area contributed by atoms with Gasteiger partial charge in [0.15, 0.2) is 0 Å². The van der Waals surface area contributed by atoms with Crippen molar-refractivity contribution in [3.63, 3.8) is 0 Å². The first kappa shape index (κ1) is 11.8. The zero-order valence-corrected chi connectivity index (χ0v) is 10.4. The van der Waals surface area contributed by atoms with Crippen molar-refractivity contribution in [2.24, 2.45) is 0 Å². The van der Waals surface area contributed by atoms with E-state index < -0.39 is 0 Å². The zero-order chi connectivity index (χ0) is 11.5. The fraction of sp³-hybridized carbons (Fsp3) is 0.818. The highest BCUT2D eigenvalue weighted by molar-refractivity contribution is 7.99. The molecule has 90 valence electrons. The Balaban J connectivity index is 2.10. The molecule has 2 heterocycles. The maximum absolute atomic E-state index is 12.2. The van der Waals surface area contributed by atoms with E-state index in [0.29, 0.717) is 25.4 Å². The predicted octanol–water partition coefficient (Wildman–Crippen LogP) is 0.619. The molecule has 2 aliphatic heterocycles. The minimum absolute atomic E-state index is 0.00773. The summed E-state index contributed by atoms with van der Waals surface area (Å²) in [6.45, 7) is 2.53. The van der Waals surface area contributed by atoms with Gasteiger partial charge in [0, 0.05) is 24.8 Å². The van der Waals surface area contributed by atoms with Crippen LogP contribution in [0.3, 0.4) is 0 Å². The summed E-state index contributed by atoms with van der Waals surface area (Å²) in [7, 11) is 0. The maximum Gasteiger partial charge on any atom is 0.245 e. The first-order valence-corrected chi connectivity index (χ1v) is 7.05. The van der Waals surface area contributed by atoms with E-state index in [2.05, 4.69) is 5.32 Å². The van der Waals surface area contributed by atoms with Gasteiger partial charge >= 0.3 is 0 Å². The predicted molar refractivity (Wildman–Crippen MR) is 64.3 cm³/mol. The van der Waals surface area contributed by atoms with Crippen molar-refractivity contribution in [1.29, 1.82) is 0 Å². The molecule has 0 saturated carbocycles. The molecular weight excluding hydrogens is 224 g/mol. The molecule has 1 N–H and O–H groups in total. The SMILES string of the molecule is CCC1NC(=O)CCN(C2CCSC2)C1=O. The summed E-state index contributed by atoms with van der Waals surface area (Å²) in [6, 6.07) is 0.0415. The van der Waals surface area contributed by atoms with Crippen LogP contribution < -0.4 is 5.32 Å². The summed E-state index contributed by atoms with van der Waals surface area (Å²) in [5.41, 5.74) is 0. The third-order valence-corrected chi connectivity index (χ3v) is 4.40. The Morgan fingerprint density at radius 3 is 2.94 bits per heavy atom. The van der Waals surface area contributed by atoms with Crippen molar-refractivity contribution in [3.8, 4) is 0 Å². The molecule has 0 bridgehead atoms. The maximum atomic E-state index is 12.2. The number of amides is 2. The van der Waals surface area contributed by atoms with Crippen LogP contribution in [0.15, 0.2) is 0 Å². The number of thioether (sulfide) groups is 1. The molecule has 2 rings (SSSR count). The van der Waals surface area contributed by atoms with Gasteiger partial charge in [-0.3, -0.25) is 9.59 Å². The third-order valence-electron chi connectivity index (χ3n) is 3.25. The van der Waals surface area contributed by atoms with E-state index in [9.17, 15) is 9.59 Å². The molecule has 0 aromatic heterocycles. The van der Waals surface area contributed by atoms with Crippen LogP contribution in [0.25, 0.3) is 0 Å². The van der Waals surface area contributed by atoms with Crippen molar-refractivity contribution < 1.29 is 9.59 Å². The van der Waals surface area contributed by atoms with E-state index in [1.807, 2.05) is 23.6 Å². The highest BCUT2D eigenvalue weighted by Gasteiger charge is 2.34. The molecule has 0 radical (unpaired) electrons. The topological polar surface area (TPSA) is 49.4 Å². The monoisotopic (exact) mass is 242 g/mol. The second-order valence-corrected chi connectivity index (χ2v) is 5.48. The lowest BCUT2D eigenvalue weighted by Crippen LogP contribution is -2.48. The molecule has 2 aliphatic rings. The number of rotatable bonds is 2. The van der Waals surface area contributed by atoms with Gasteiger partial charge in [-0.15, -0.1) is 0 Å². The van der Waals surface area contributed by atoms with Crippen LogP contribution in [0.1, 0.15) is 26.2 Å². The molecule has 2 saturated heterocycles. The molecule has 4 nitrogen and oxygen atoms in total. The van der Waals surface area contributed by atoms with Gasteiger partial charge in [0.05, 0.1) is 0 Å². The second-order valence-electron chi connectivity index (χ2n) is 4.33. The number of hydrogen-bond donors (Lipinski definition) is 1. The van der Waals surface area contributed by atoms with E-state index in [1.54, 1.807) is 0 Å². The molecular formula is C11H18N2O2S. The summed E-state index contributed by atoms with van der Waals surface area (Å²) in [6.07, 6.45) is 2.20. The van der Waals surface area contributed by atoms with Crippen molar-refractivity contribution >= 4 is 23.6 Å². The Bertz CT molecular complexity index is 290. The number of hydrogen-bond acceptors (Lipinski definition) is 3. The summed E-state index contributed by atoms with van der Waals surface area (Å²) in [5.74, 6) is 2.28. The largest absolute Gasteiger partial charge is 0.344 e. The summed E-state index contributed by atoms with van der Waals surface area (Å²) < 4.78 is 0. The zero-order valence-electron chi connectivity index (χ0n) is 9.57. The number of carbonyl (C=O) groups excluding carboxylic acids is 2. The average molecular weight is 242 g/mol. The van der Waals surface area contributed by atoms with Crippen LogP contribution in [0, 0.1) is 0 Å². The lowest BCUT2D eigenvalue weighted by atomic mass is 10.1. The van der Waals surface area contributed by atoms with E-state index in [0.717, 1.165) is 17.9 Å². The quantitative estimate of drug-likeness (QED) is 0.772. The molecule has 0 spiro atoms. The van der Waals surface area contributed by atoms with E-state index in [-0.39, 0.29) is 17.9 Å². The number of nitrogens with zero attached hydrogens (tertiary/aromatic N) is 1. The van der Waals surface area contributed by atoms with Crippen molar-refractivity contribution in [1.82, 2.24) is 10.2 Å². The molecule has 5 heteroatoms. The molecule has 0 aromatic rings. The summed E-state index contributed by atoms with van der Waals surface area (Å²) in [5, 5.41) is 2.79. The second kappa shape index (κ2) is 5.08. The lowest BCUT2D eigenvalue weighted by Gasteiger charge is -2.28. The van der Waals surface area contributed by atoms with Crippen molar-refractivity contribution in [2.45, 2.75) is 38.3 Å². The smallest absolute Gasteiger partial charge is 0.245 e. The molecule has 2 unspecified atom stereocenters. The minimum Gasteiger partial charge on any atom is -0.344 e. The molecule has 0 aromatic carbocycles. The Morgan fingerprint density at radius 2 is 2.31 bits per heavy atom. The van der Waals surface area contributed by atoms with Crippen LogP contribution >= 0.6 is 11.8 Å². The van der Waals surface area contributed by atoms with Gasteiger partial charge in [-0.2, -0.15) is 11.8 Å². The van der Waals surface area contributed by atoms with Gasteiger partial charge in [0.2, 0.25) is 11.8 Å². The normalized spacial score (nSPS) is 31.4. The van der Waals surface area contributed by atoms with Gasteiger partial charge in [0.1, 0.15) is 6.04 Å². The summed E-state index contributed by atoms with van der Waals surface area (Å²) >= 11 is 1.90. The fourth-order valence-corrected chi connectivity index (χ4v) is 3.49. The van der Waals surface area contributed by atoms with E-state index >= 15 is 0 Å². The Labute approximate surface area is 100 Å². The standard InChI is InChI=1S/C11H18N2O2S/c1-2-9-11(15)13(5-3-10(14)12-9)8-4-6-16-7-8/h8-9H,2-7H2,1H3,(H,12,14). The van der Waals surface area contributed by atoms with Crippen LogP contribution in [-0.2, 0) is 9.59 Å². The Hall–Kier alpha value is -0.710. The van der Waals surface area contributed by atoms with Crippen LogP contribution in [0.5, 0.6) is 0 Å². The van der Waals surface area contributed by atoms with Crippen LogP contribution in [0.2, 0.25) is 0 Å². The highest BCUT2D eigenvalue weighted by atomic mass is 32.2. The van der Waals surface area contributed by atoms with Gasteiger partial charge in [-0.25, -0.2) is 0 Å². The molecule has 2 fully saturated rings. The van der Waals surface area contributed by atoms with Crippen molar-refractivity contribution in [3.05, 3.63) is 0 Å². The van der Waals surface area contributed by atoms with Gasteiger partial charge in [0.25, 0.3) is 0 Å². The fourth-order valence-electron chi connectivity index (χ4n) is 2.27. The molecule has 16 heavy (non-hydrogen) atoms. The first-order chi connectivity index (χ1) is 7.72. The number of nitrogens with one attached hydrogen (secondary N) is 1. The molecule has 2 atom stereocenters. The van der Waals surface area contributed by atoms with E-state index in [1.165, 1.54) is 0 Å². The Morgan fingerprint density at radius 1 is 1.50 bits per heavy atom. The lowest BCUT2D eigenvalue weighted by molar-refractivity contribution is -0.135. The van der Waals surface area contributed by atoms with Crippen LogP contribution in [0.4, 0.5) is 0 Å².